The first-order valence-corrected chi connectivity index (χ1v) is 4.35. The molecule has 10 heavy (non-hydrogen) atoms. The van der Waals surface area contributed by atoms with Crippen molar-refractivity contribution in [2.75, 3.05) is 0 Å². The highest BCUT2D eigenvalue weighted by Gasteiger charge is 2.00. The lowest BCUT2D eigenvalue weighted by molar-refractivity contribution is 1.19. The molecule has 0 aliphatic carbocycles. The minimum absolute atomic E-state index is 0.545. The molecule has 0 unspecified atom stereocenters. The quantitative estimate of drug-likeness (QED) is 0.530. The van der Waals surface area contributed by atoms with Crippen LogP contribution in [0.3, 0.4) is 0 Å². The van der Waals surface area contributed by atoms with Crippen LogP contribution in [0, 0.1) is 17.5 Å². The molecule has 0 aliphatic heterocycles. The molecule has 0 N–H and O–H groups in total. The monoisotopic (exact) mass is 307 g/mol. The lowest BCUT2D eigenvalue weighted by Crippen LogP contribution is -1.90. The van der Waals surface area contributed by atoms with Crippen molar-refractivity contribution in [3.8, 4) is 0 Å². The second-order valence-corrected chi connectivity index (χ2v) is 3.57. The van der Waals surface area contributed by atoms with Gasteiger partial charge in [-0.1, -0.05) is 0 Å². The predicted octanol–water partition coefficient (Wildman–Crippen LogP) is 2.57. The molecule has 3 heteroatoms. The standard InChI is InChI=1S/C7H3BrIN/c1-4-3-6(8)10-7(9)5(4)2/h1-3H. The van der Waals surface area contributed by atoms with Crippen LogP contribution in [0.4, 0.5) is 0 Å². The first kappa shape index (κ1) is 8.46. The molecule has 0 aromatic carbocycles. The molecule has 0 amide bonds. The van der Waals surface area contributed by atoms with Crippen molar-refractivity contribution in [2.45, 2.75) is 0 Å². The summed E-state index contributed by atoms with van der Waals surface area (Å²) in [5.41, 5.74) is 1.11. The topological polar surface area (TPSA) is 12.9 Å². The lowest BCUT2D eigenvalue weighted by Gasteiger charge is -2.00. The Morgan fingerprint density at radius 2 is 2.10 bits per heavy atom. The molecular weight excluding hydrogens is 305 g/mol. The Balaban J connectivity index is 3.31. The summed E-state index contributed by atoms with van der Waals surface area (Å²) in [6.07, 6.45) is 0. The van der Waals surface area contributed by atoms with Gasteiger partial charge in [0.05, 0.1) is 0 Å². The van der Waals surface area contributed by atoms with E-state index in [9.17, 15) is 0 Å². The van der Waals surface area contributed by atoms with E-state index in [2.05, 4.69) is 20.9 Å². The zero-order valence-corrected chi connectivity index (χ0v) is 8.68. The third-order valence-electron chi connectivity index (χ3n) is 1.01. The van der Waals surface area contributed by atoms with Gasteiger partial charge in [-0.05, 0) is 62.6 Å². The van der Waals surface area contributed by atoms with Gasteiger partial charge in [0.2, 0.25) is 0 Å². The number of aromatic nitrogens is 1. The number of hydrogen-bond donors (Lipinski definition) is 0. The van der Waals surface area contributed by atoms with Crippen LogP contribution >= 0.6 is 38.5 Å². The average Bonchev–Trinajstić information content (AvgIpc) is 1.82. The van der Waals surface area contributed by atoms with Gasteiger partial charge in [0.15, 0.2) is 0 Å². The van der Waals surface area contributed by atoms with E-state index in [4.69, 9.17) is 13.8 Å². The molecule has 1 aromatic heterocycles. The van der Waals surface area contributed by atoms with Crippen LogP contribution in [0.25, 0.3) is 0 Å². The van der Waals surface area contributed by atoms with Crippen molar-refractivity contribution in [1.82, 2.24) is 4.98 Å². The Hall–Kier alpha value is 0.360. The summed E-state index contributed by atoms with van der Waals surface area (Å²) in [5.74, 6) is 0. The lowest BCUT2D eigenvalue weighted by atomic mass is 10.2. The molecule has 1 rings (SSSR count). The van der Waals surface area contributed by atoms with Gasteiger partial charge in [0.1, 0.15) is 8.30 Å². The summed E-state index contributed by atoms with van der Waals surface area (Å²) < 4.78 is 1.44. The van der Waals surface area contributed by atoms with E-state index in [0.29, 0.717) is 15.7 Å². The summed E-state index contributed by atoms with van der Waals surface area (Å²) in [7, 11) is 0. The van der Waals surface area contributed by atoms with Crippen LogP contribution in [0.1, 0.15) is 11.1 Å². The Kier molecular flexibility index (Phi) is 2.68. The van der Waals surface area contributed by atoms with Crippen LogP contribution in [-0.2, 0) is 0 Å². The smallest absolute Gasteiger partial charge is 0.107 e. The number of halogens is 2. The number of hydrogen-bond acceptors (Lipinski definition) is 1. The minimum Gasteiger partial charge on any atom is -0.235 e. The van der Waals surface area contributed by atoms with Gasteiger partial charge in [-0.25, -0.2) is 4.98 Å². The van der Waals surface area contributed by atoms with Gasteiger partial charge < -0.3 is 0 Å². The van der Waals surface area contributed by atoms with E-state index >= 15 is 0 Å². The maximum atomic E-state index is 5.53. The average molecular weight is 308 g/mol. The summed E-state index contributed by atoms with van der Waals surface area (Å²) in [4.78, 5) is 4.03. The van der Waals surface area contributed by atoms with Crippen molar-refractivity contribution >= 4 is 38.5 Å². The van der Waals surface area contributed by atoms with Crippen LogP contribution in [0.15, 0.2) is 10.7 Å². The van der Waals surface area contributed by atoms with E-state index in [0.717, 1.165) is 3.70 Å². The molecular formula is C7H3BrIN. The molecule has 0 saturated heterocycles. The van der Waals surface area contributed by atoms with Crippen molar-refractivity contribution in [3.63, 3.8) is 0 Å². The Morgan fingerprint density at radius 1 is 1.50 bits per heavy atom. The molecule has 0 bridgehead atoms. The van der Waals surface area contributed by atoms with Crippen LogP contribution in [-0.4, -0.2) is 4.98 Å². The third kappa shape index (κ3) is 1.69. The Morgan fingerprint density at radius 3 is 2.60 bits per heavy atom. The second kappa shape index (κ2) is 3.17. The second-order valence-electron chi connectivity index (χ2n) is 1.74. The van der Waals surface area contributed by atoms with E-state index in [1.165, 1.54) is 0 Å². The summed E-state index contributed by atoms with van der Waals surface area (Å²) in [6.45, 7) is 11.1. The van der Waals surface area contributed by atoms with Crippen LogP contribution < -0.4 is 0 Å². The fraction of sp³-hybridized carbons (Fsp3) is 0. The Bertz CT molecular complexity index is 237. The van der Waals surface area contributed by atoms with Crippen LogP contribution in [0.2, 0.25) is 0 Å². The molecule has 0 fully saturated rings. The summed E-state index contributed by atoms with van der Waals surface area (Å²) >= 11 is 5.23. The number of rotatable bonds is 0. The van der Waals surface area contributed by atoms with Crippen LogP contribution in [0.5, 0.6) is 0 Å². The summed E-state index contributed by atoms with van der Waals surface area (Å²) in [6, 6.07) is 1.68. The van der Waals surface area contributed by atoms with Crippen molar-refractivity contribution in [2.24, 2.45) is 0 Å². The first-order chi connectivity index (χ1) is 4.61. The van der Waals surface area contributed by atoms with Crippen molar-refractivity contribution < 1.29 is 0 Å². The maximum absolute atomic E-state index is 5.53. The first-order valence-electron chi connectivity index (χ1n) is 2.48. The zero-order chi connectivity index (χ0) is 7.72. The van der Waals surface area contributed by atoms with Gasteiger partial charge in [-0.15, -0.1) is 0 Å². The number of pyridine rings is 1. The predicted molar refractivity (Wildman–Crippen MR) is 51.5 cm³/mol. The molecule has 1 nitrogen and oxygen atoms in total. The fourth-order valence-corrected chi connectivity index (χ4v) is 1.84. The van der Waals surface area contributed by atoms with E-state index in [1.54, 1.807) is 6.07 Å². The summed E-state index contributed by atoms with van der Waals surface area (Å²) in [5, 5.41) is 0. The fourth-order valence-electron chi connectivity index (χ4n) is 0.511. The zero-order valence-electron chi connectivity index (χ0n) is 4.94. The third-order valence-corrected chi connectivity index (χ3v) is 2.24. The normalized spacial score (nSPS) is 10.0. The number of nitrogens with zero attached hydrogens (tertiary/aromatic N) is 1. The Labute approximate surface area is 82.5 Å². The van der Waals surface area contributed by atoms with Gasteiger partial charge in [-0.2, -0.15) is 0 Å². The highest BCUT2D eigenvalue weighted by atomic mass is 127. The molecule has 1 heterocycles. The highest BCUT2D eigenvalue weighted by Crippen LogP contribution is 2.17. The van der Waals surface area contributed by atoms with E-state index in [1.807, 2.05) is 22.6 Å². The largest absolute Gasteiger partial charge is 0.235 e. The van der Waals surface area contributed by atoms with E-state index < -0.39 is 0 Å². The molecule has 4 radical (unpaired) electrons. The molecule has 0 spiro atoms. The van der Waals surface area contributed by atoms with Gasteiger partial charge in [0.25, 0.3) is 0 Å². The highest BCUT2D eigenvalue weighted by molar-refractivity contribution is 14.1. The maximum Gasteiger partial charge on any atom is 0.107 e. The minimum atomic E-state index is 0.545. The molecule has 0 saturated carbocycles. The molecule has 0 atom stereocenters. The van der Waals surface area contributed by atoms with Gasteiger partial charge in [0, 0.05) is 6.92 Å². The van der Waals surface area contributed by atoms with Gasteiger partial charge in [-0.3, -0.25) is 0 Å². The van der Waals surface area contributed by atoms with Gasteiger partial charge >= 0.3 is 0 Å². The SMILES string of the molecule is [CH]c1cc(Br)nc(I)c1[CH]. The molecule has 50 valence electrons. The molecule has 0 aliphatic rings. The van der Waals surface area contributed by atoms with Crippen molar-refractivity contribution in [1.29, 1.82) is 0 Å². The molecule has 1 aromatic rings. The van der Waals surface area contributed by atoms with E-state index in [-0.39, 0.29) is 0 Å². The van der Waals surface area contributed by atoms with Crippen molar-refractivity contribution in [3.05, 3.63) is 39.3 Å².